The highest BCUT2D eigenvalue weighted by molar-refractivity contribution is 8.02. The zero-order valence-electron chi connectivity index (χ0n) is 21.7. The van der Waals surface area contributed by atoms with Crippen LogP contribution in [0.5, 0.6) is 0 Å². The van der Waals surface area contributed by atoms with Gasteiger partial charge in [0.25, 0.3) is 0 Å². The fraction of sp³-hybridized carbons (Fsp3) is 0.741. The molecule has 2 bridgehead atoms. The monoisotopic (exact) mass is 506 g/mol. The number of fused-ring (bicyclic) bond motifs is 1. The summed E-state index contributed by atoms with van der Waals surface area (Å²) >= 11 is 1.63. The van der Waals surface area contributed by atoms with Gasteiger partial charge in [-0.25, -0.2) is 0 Å². The van der Waals surface area contributed by atoms with Crippen LogP contribution in [-0.4, -0.2) is 80.1 Å². The molecular weight excluding hydrogens is 464 g/mol. The molecule has 3 aliphatic rings. The van der Waals surface area contributed by atoms with Crippen molar-refractivity contribution in [1.29, 1.82) is 0 Å². The lowest BCUT2D eigenvalue weighted by molar-refractivity contribution is -0.154. The number of allylic oxidation sites excluding steroid dienone is 1. The van der Waals surface area contributed by atoms with E-state index < -0.39 is 34.2 Å². The molecule has 0 radical (unpaired) electrons. The highest BCUT2D eigenvalue weighted by Crippen LogP contribution is 2.67. The summed E-state index contributed by atoms with van der Waals surface area (Å²) in [6.07, 6.45) is 8.07. The second kappa shape index (κ2) is 11.1. The number of hydrogen-bond acceptors (Lipinski definition) is 6. The van der Waals surface area contributed by atoms with Crippen LogP contribution in [0.4, 0.5) is 0 Å². The summed E-state index contributed by atoms with van der Waals surface area (Å²) in [5.74, 6) is -1.82. The molecule has 0 aromatic carbocycles. The van der Waals surface area contributed by atoms with E-state index in [1.807, 2.05) is 33.8 Å². The predicted molar refractivity (Wildman–Crippen MR) is 139 cm³/mol. The quantitative estimate of drug-likeness (QED) is 0.247. The summed E-state index contributed by atoms with van der Waals surface area (Å²) in [5, 5.41) is 10.1. The number of esters is 1. The predicted octanol–water partition coefficient (Wildman–Crippen LogP) is 3.56. The number of nitrogens with zero attached hydrogens (tertiary/aromatic N) is 2. The lowest BCUT2D eigenvalue weighted by Gasteiger charge is -2.43. The van der Waals surface area contributed by atoms with E-state index in [9.17, 15) is 19.5 Å². The number of hydrogen-bond donors (Lipinski definition) is 1. The van der Waals surface area contributed by atoms with E-state index >= 15 is 0 Å². The summed E-state index contributed by atoms with van der Waals surface area (Å²) in [7, 11) is 0. The minimum Gasteiger partial charge on any atom is -0.465 e. The summed E-state index contributed by atoms with van der Waals surface area (Å²) in [5.41, 5.74) is -0.472. The molecule has 2 unspecified atom stereocenters. The first kappa shape index (κ1) is 27.8. The largest absolute Gasteiger partial charge is 0.465 e. The highest BCUT2D eigenvalue weighted by Gasteiger charge is 2.74. The Kier molecular flexibility index (Phi) is 8.79. The molecule has 0 aromatic rings. The number of thioether (sulfide) groups is 1. The van der Waals surface area contributed by atoms with Gasteiger partial charge >= 0.3 is 5.97 Å². The number of amides is 2. The number of aliphatic hydroxyl groups excluding tert-OH is 1. The summed E-state index contributed by atoms with van der Waals surface area (Å²) in [4.78, 5) is 44.9. The molecule has 3 saturated heterocycles. The van der Waals surface area contributed by atoms with Gasteiger partial charge in [0, 0.05) is 17.3 Å². The molecule has 8 heteroatoms. The molecule has 196 valence electrons. The van der Waals surface area contributed by atoms with Crippen LogP contribution in [0.1, 0.15) is 66.2 Å². The maximum Gasteiger partial charge on any atom is 0.310 e. The van der Waals surface area contributed by atoms with Crippen LogP contribution in [0.3, 0.4) is 0 Å². The van der Waals surface area contributed by atoms with Gasteiger partial charge in [0.1, 0.15) is 6.04 Å². The van der Waals surface area contributed by atoms with Crippen molar-refractivity contribution >= 4 is 29.5 Å². The topological polar surface area (TPSA) is 87.2 Å². The van der Waals surface area contributed by atoms with E-state index in [4.69, 9.17) is 4.74 Å². The van der Waals surface area contributed by atoms with Gasteiger partial charge in [0.15, 0.2) is 0 Å². The van der Waals surface area contributed by atoms with Crippen molar-refractivity contribution in [2.45, 2.75) is 93.8 Å². The van der Waals surface area contributed by atoms with Gasteiger partial charge in [-0.05, 0) is 59.3 Å². The number of ether oxygens (including phenoxy) is 1. The van der Waals surface area contributed by atoms with Crippen LogP contribution in [0.2, 0.25) is 0 Å². The van der Waals surface area contributed by atoms with Crippen molar-refractivity contribution in [1.82, 2.24) is 9.80 Å². The third-order valence-corrected chi connectivity index (χ3v) is 9.71. The third-order valence-electron chi connectivity index (χ3n) is 7.75. The zero-order valence-corrected chi connectivity index (χ0v) is 22.5. The Morgan fingerprint density at radius 2 is 2.03 bits per heavy atom. The van der Waals surface area contributed by atoms with Crippen LogP contribution in [0, 0.1) is 11.8 Å². The van der Waals surface area contributed by atoms with Gasteiger partial charge in [-0.3, -0.25) is 14.4 Å². The SMILES string of the molecule is C=CCCCCOC(=O)[C@@H]1[C@@H]2CCC3(S2)C(C(=O)N(CC=C)C(C)(C)C)N([C@@H](CC)CO)C(=O)[C@H]13. The van der Waals surface area contributed by atoms with Gasteiger partial charge in [-0.15, -0.1) is 24.9 Å². The third kappa shape index (κ3) is 4.93. The second-order valence-corrected chi connectivity index (χ2v) is 12.5. The molecule has 1 N–H and O–H groups in total. The van der Waals surface area contributed by atoms with Crippen LogP contribution in [0.15, 0.2) is 25.3 Å². The molecule has 6 atom stereocenters. The number of carbonyl (C=O) groups is 3. The zero-order chi connectivity index (χ0) is 26.0. The lowest BCUT2D eigenvalue weighted by atomic mass is 9.71. The Balaban J connectivity index is 1.96. The molecule has 0 aromatic heterocycles. The Morgan fingerprint density at radius 3 is 2.60 bits per heavy atom. The summed E-state index contributed by atoms with van der Waals surface area (Å²) in [6.45, 7) is 15.8. The maximum absolute atomic E-state index is 14.2. The van der Waals surface area contributed by atoms with Crippen LogP contribution in [0.25, 0.3) is 0 Å². The van der Waals surface area contributed by atoms with Crippen molar-refractivity contribution in [3.05, 3.63) is 25.3 Å². The molecule has 3 rings (SSSR count). The smallest absolute Gasteiger partial charge is 0.310 e. The first-order valence-corrected chi connectivity index (χ1v) is 13.8. The number of likely N-dealkylation sites (tertiary alicyclic amines) is 1. The van der Waals surface area contributed by atoms with Crippen molar-refractivity contribution in [3.63, 3.8) is 0 Å². The number of aliphatic hydroxyl groups is 1. The van der Waals surface area contributed by atoms with Gasteiger partial charge in [-0.1, -0.05) is 19.1 Å². The van der Waals surface area contributed by atoms with E-state index in [0.717, 1.165) is 25.7 Å². The maximum atomic E-state index is 14.2. The summed E-state index contributed by atoms with van der Waals surface area (Å²) < 4.78 is 4.97. The average molecular weight is 507 g/mol. The van der Waals surface area contributed by atoms with Crippen molar-refractivity contribution < 1.29 is 24.2 Å². The van der Waals surface area contributed by atoms with E-state index in [-0.39, 0.29) is 29.6 Å². The number of carbonyl (C=O) groups excluding carboxylic acids is 3. The molecule has 3 fully saturated rings. The fourth-order valence-corrected chi connectivity index (χ4v) is 8.26. The molecule has 35 heavy (non-hydrogen) atoms. The van der Waals surface area contributed by atoms with E-state index in [1.54, 1.807) is 27.6 Å². The molecule has 3 heterocycles. The second-order valence-electron chi connectivity index (χ2n) is 10.9. The van der Waals surface area contributed by atoms with Gasteiger partial charge in [0.05, 0.1) is 35.8 Å². The molecule has 1 spiro atoms. The highest BCUT2D eigenvalue weighted by atomic mass is 32.2. The Labute approximate surface area is 214 Å². The Hall–Kier alpha value is -1.80. The minimum absolute atomic E-state index is 0.0289. The van der Waals surface area contributed by atoms with Crippen LogP contribution >= 0.6 is 11.8 Å². The number of unbranched alkanes of at least 4 members (excludes halogenated alkanes) is 2. The molecular formula is C27H42N2O5S. The fourth-order valence-electron chi connectivity index (χ4n) is 6.08. The Morgan fingerprint density at radius 1 is 1.31 bits per heavy atom. The first-order valence-electron chi connectivity index (χ1n) is 12.9. The van der Waals surface area contributed by atoms with Crippen molar-refractivity contribution in [2.75, 3.05) is 19.8 Å². The minimum atomic E-state index is -0.725. The average Bonchev–Trinajstić information content (AvgIpc) is 3.45. The molecule has 7 nitrogen and oxygen atoms in total. The van der Waals surface area contributed by atoms with Crippen LogP contribution in [-0.2, 0) is 19.1 Å². The molecule has 0 saturated carbocycles. The van der Waals surface area contributed by atoms with Crippen molar-refractivity contribution in [3.8, 4) is 0 Å². The van der Waals surface area contributed by atoms with Gasteiger partial charge < -0.3 is 19.6 Å². The molecule has 0 aliphatic carbocycles. The first-order chi connectivity index (χ1) is 16.6. The molecule has 3 aliphatic heterocycles. The van der Waals surface area contributed by atoms with E-state index in [2.05, 4.69) is 13.2 Å². The van der Waals surface area contributed by atoms with Crippen LogP contribution < -0.4 is 0 Å². The summed E-state index contributed by atoms with van der Waals surface area (Å²) in [6, 6.07) is -1.20. The van der Waals surface area contributed by atoms with E-state index in [0.29, 0.717) is 26.0 Å². The normalized spacial score (nSPS) is 30.2. The van der Waals surface area contributed by atoms with E-state index in [1.165, 1.54) is 0 Å². The number of rotatable bonds is 12. The standard InChI is InChI=1S/C27H42N2O5S/c1-7-10-11-12-16-34-25(33)20-19-13-14-27(35-19)21(20)23(31)29(18(9-3)17-30)22(27)24(32)28(15-8-2)26(4,5)6/h7-8,18-22,30H,1-2,9-17H2,3-6H3/t18-,19-,20+,21-,22?,27?/m0/s1. The van der Waals surface area contributed by atoms with Gasteiger partial charge in [0.2, 0.25) is 11.8 Å². The Bertz CT molecular complexity index is 836. The van der Waals surface area contributed by atoms with Crippen molar-refractivity contribution in [2.24, 2.45) is 11.8 Å². The molecule has 2 amide bonds. The lowest BCUT2D eigenvalue weighted by Crippen LogP contribution is -2.60. The van der Waals surface area contributed by atoms with Gasteiger partial charge in [-0.2, -0.15) is 0 Å².